The number of rotatable bonds is 5. The third-order valence-corrected chi connectivity index (χ3v) is 3.68. The van der Waals surface area contributed by atoms with E-state index in [0.717, 1.165) is 22.1 Å². The Kier molecular flexibility index (Phi) is 4.57. The first kappa shape index (κ1) is 14.7. The van der Waals surface area contributed by atoms with Crippen molar-refractivity contribution < 1.29 is 9.21 Å². The molecular formula is C14H19N3O2S. The van der Waals surface area contributed by atoms with Crippen LogP contribution in [0.2, 0.25) is 0 Å². The van der Waals surface area contributed by atoms with Gasteiger partial charge in [0.2, 0.25) is 0 Å². The van der Waals surface area contributed by atoms with E-state index in [1.165, 1.54) is 17.6 Å². The van der Waals surface area contributed by atoms with Crippen LogP contribution in [0.25, 0.3) is 0 Å². The first-order valence-corrected chi connectivity index (χ1v) is 7.36. The number of nitrogens with zero attached hydrogens (tertiary/aromatic N) is 1. The smallest absolute Gasteiger partial charge is 0.259 e. The van der Waals surface area contributed by atoms with Crippen molar-refractivity contribution in [2.45, 2.75) is 33.7 Å². The third kappa shape index (κ3) is 3.46. The minimum Gasteiger partial charge on any atom is -0.467 e. The first-order valence-electron chi connectivity index (χ1n) is 6.54. The number of hydrogen-bond donors (Lipinski definition) is 2. The van der Waals surface area contributed by atoms with Crippen LogP contribution >= 0.6 is 11.3 Å². The maximum atomic E-state index is 12.2. The number of nitrogens with one attached hydrogen (secondary N) is 1. The molecule has 0 radical (unpaired) electrons. The van der Waals surface area contributed by atoms with E-state index >= 15 is 0 Å². The molecule has 20 heavy (non-hydrogen) atoms. The Bertz CT molecular complexity index is 601. The molecule has 0 fully saturated rings. The number of amides is 1. The Labute approximate surface area is 122 Å². The van der Waals surface area contributed by atoms with Crippen molar-refractivity contribution in [3.8, 4) is 0 Å². The van der Waals surface area contributed by atoms with Gasteiger partial charge in [0.1, 0.15) is 17.0 Å². The van der Waals surface area contributed by atoms with E-state index in [-0.39, 0.29) is 12.5 Å². The molecule has 2 aromatic rings. The largest absolute Gasteiger partial charge is 0.467 e. The minimum atomic E-state index is -0.192. The van der Waals surface area contributed by atoms with Gasteiger partial charge in [0.05, 0.1) is 22.8 Å². The number of furan rings is 1. The van der Waals surface area contributed by atoms with Crippen LogP contribution < -0.4 is 11.1 Å². The van der Waals surface area contributed by atoms with Gasteiger partial charge in [0.15, 0.2) is 0 Å². The van der Waals surface area contributed by atoms with Crippen LogP contribution in [-0.4, -0.2) is 10.9 Å². The molecule has 0 spiro atoms. The predicted molar refractivity (Wildman–Crippen MR) is 79.9 cm³/mol. The second kappa shape index (κ2) is 6.19. The number of aryl methyl sites for hydroxylation is 1. The van der Waals surface area contributed by atoms with Gasteiger partial charge in [0, 0.05) is 0 Å². The second-order valence-corrected chi connectivity index (χ2v) is 6.27. The molecule has 2 heterocycles. The molecule has 0 aliphatic heterocycles. The van der Waals surface area contributed by atoms with Crippen LogP contribution in [0.4, 0.5) is 5.00 Å². The van der Waals surface area contributed by atoms with Gasteiger partial charge in [-0.05, 0) is 25.3 Å². The van der Waals surface area contributed by atoms with Crippen molar-refractivity contribution in [1.29, 1.82) is 0 Å². The van der Waals surface area contributed by atoms with E-state index in [1.54, 1.807) is 6.07 Å². The SMILES string of the molecule is Cc1nc(CC(C)C)c(NC(=O)c2coc(CN)c2)s1. The van der Waals surface area contributed by atoms with Crippen molar-refractivity contribution in [1.82, 2.24) is 4.98 Å². The van der Waals surface area contributed by atoms with E-state index < -0.39 is 0 Å². The highest BCUT2D eigenvalue weighted by atomic mass is 32.1. The summed E-state index contributed by atoms with van der Waals surface area (Å²) in [7, 11) is 0. The summed E-state index contributed by atoms with van der Waals surface area (Å²) in [5.74, 6) is 0.894. The van der Waals surface area contributed by atoms with Gasteiger partial charge in [-0.25, -0.2) is 4.98 Å². The highest BCUT2D eigenvalue weighted by Gasteiger charge is 2.16. The summed E-state index contributed by atoms with van der Waals surface area (Å²) in [4.78, 5) is 16.6. The molecule has 1 amide bonds. The summed E-state index contributed by atoms with van der Waals surface area (Å²) < 4.78 is 5.17. The molecule has 2 rings (SSSR count). The molecule has 108 valence electrons. The van der Waals surface area contributed by atoms with Gasteiger partial charge in [-0.3, -0.25) is 4.79 Å². The second-order valence-electron chi connectivity index (χ2n) is 5.07. The van der Waals surface area contributed by atoms with E-state index in [4.69, 9.17) is 10.2 Å². The van der Waals surface area contributed by atoms with Crippen molar-refractivity contribution in [2.24, 2.45) is 11.7 Å². The topological polar surface area (TPSA) is 81.2 Å². The Morgan fingerprint density at radius 1 is 1.55 bits per heavy atom. The molecule has 2 aromatic heterocycles. The van der Waals surface area contributed by atoms with Gasteiger partial charge < -0.3 is 15.5 Å². The van der Waals surface area contributed by atoms with Gasteiger partial charge in [-0.2, -0.15) is 0 Å². The quantitative estimate of drug-likeness (QED) is 0.888. The summed E-state index contributed by atoms with van der Waals surface area (Å²) >= 11 is 1.49. The molecule has 0 unspecified atom stereocenters. The molecular weight excluding hydrogens is 274 g/mol. The number of anilines is 1. The number of nitrogens with two attached hydrogens (primary N) is 1. The summed E-state index contributed by atoms with van der Waals surface area (Å²) in [5, 5.41) is 4.67. The molecule has 0 aliphatic rings. The Balaban J connectivity index is 2.14. The van der Waals surface area contributed by atoms with E-state index in [0.29, 0.717) is 17.2 Å². The average molecular weight is 293 g/mol. The summed E-state index contributed by atoms with van der Waals surface area (Å²) in [6.45, 7) is 6.48. The van der Waals surface area contributed by atoms with Crippen LogP contribution in [0.5, 0.6) is 0 Å². The number of aromatic nitrogens is 1. The van der Waals surface area contributed by atoms with Crippen LogP contribution in [0.3, 0.4) is 0 Å². The number of thiazole rings is 1. The highest BCUT2D eigenvalue weighted by Crippen LogP contribution is 2.27. The standard InChI is InChI=1S/C14H19N3O2S/c1-8(2)4-12-14(20-9(3)16-12)17-13(18)10-5-11(6-15)19-7-10/h5,7-8H,4,6,15H2,1-3H3,(H,17,18). The lowest BCUT2D eigenvalue weighted by atomic mass is 10.1. The molecule has 0 aliphatic carbocycles. The van der Waals surface area contributed by atoms with Crippen molar-refractivity contribution in [2.75, 3.05) is 5.32 Å². The zero-order valence-electron chi connectivity index (χ0n) is 11.9. The van der Waals surface area contributed by atoms with Gasteiger partial charge >= 0.3 is 0 Å². The lowest BCUT2D eigenvalue weighted by molar-refractivity contribution is 0.102. The molecule has 0 saturated heterocycles. The monoisotopic (exact) mass is 293 g/mol. The number of hydrogen-bond acceptors (Lipinski definition) is 5. The van der Waals surface area contributed by atoms with Crippen molar-refractivity contribution in [3.05, 3.63) is 34.4 Å². The van der Waals surface area contributed by atoms with Crippen LogP contribution in [-0.2, 0) is 13.0 Å². The molecule has 0 aromatic carbocycles. The number of carbonyl (C=O) groups excluding carboxylic acids is 1. The fourth-order valence-corrected chi connectivity index (χ4v) is 2.72. The van der Waals surface area contributed by atoms with E-state index in [9.17, 15) is 4.79 Å². The average Bonchev–Trinajstić information content (AvgIpc) is 2.96. The number of carbonyl (C=O) groups is 1. The zero-order valence-corrected chi connectivity index (χ0v) is 12.7. The van der Waals surface area contributed by atoms with Crippen LogP contribution in [0, 0.1) is 12.8 Å². The zero-order chi connectivity index (χ0) is 14.7. The fraction of sp³-hybridized carbons (Fsp3) is 0.429. The minimum absolute atomic E-state index is 0.192. The maximum absolute atomic E-state index is 12.2. The predicted octanol–water partition coefficient (Wildman–Crippen LogP) is 2.95. The summed E-state index contributed by atoms with van der Waals surface area (Å²) in [6.07, 6.45) is 2.27. The molecule has 3 N–H and O–H groups in total. The summed E-state index contributed by atoms with van der Waals surface area (Å²) in [6, 6.07) is 1.66. The molecule has 5 nitrogen and oxygen atoms in total. The van der Waals surface area contributed by atoms with E-state index in [2.05, 4.69) is 24.1 Å². The fourth-order valence-electron chi connectivity index (χ4n) is 1.88. The molecule has 6 heteroatoms. The van der Waals surface area contributed by atoms with E-state index in [1.807, 2.05) is 6.92 Å². The Morgan fingerprint density at radius 3 is 2.90 bits per heavy atom. The first-order chi connectivity index (χ1) is 9.49. The molecule has 0 atom stereocenters. The third-order valence-electron chi connectivity index (χ3n) is 2.75. The highest BCUT2D eigenvalue weighted by molar-refractivity contribution is 7.16. The maximum Gasteiger partial charge on any atom is 0.259 e. The van der Waals surface area contributed by atoms with Crippen LogP contribution in [0.15, 0.2) is 16.7 Å². The van der Waals surface area contributed by atoms with Crippen molar-refractivity contribution in [3.63, 3.8) is 0 Å². The van der Waals surface area contributed by atoms with Crippen molar-refractivity contribution >= 4 is 22.2 Å². The Hall–Kier alpha value is -1.66. The lowest BCUT2D eigenvalue weighted by Crippen LogP contribution is -2.12. The molecule has 0 bridgehead atoms. The normalized spacial score (nSPS) is 11.1. The Morgan fingerprint density at radius 2 is 2.30 bits per heavy atom. The van der Waals surface area contributed by atoms with Gasteiger partial charge in [0.25, 0.3) is 5.91 Å². The lowest BCUT2D eigenvalue weighted by Gasteiger charge is -2.05. The van der Waals surface area contributed by atoms with Crippen LogP contribution in [0.1, 0.15) is 40.7 Å². The molecule has 0 saturated carbocycles. The summed E-state index contributed by atoms with van der Waals surface area (Å²) in [5.41, 5.74) is 6.89. The van der Waals surface area contributed by atoms with Gasteiger partial charge in [-0.1, -0.05) is 13.8 Å². The van der Waals surface area contributed by atoms with Gasteiger partial charge in [-0.15, -0.1) is 11.3 Å².